The lowest BCUT2D eigenvalue weighted by atomic mass is 10.2. The Morgan fingerprint density at radius 2 is 1.95 bits per heavy atom. The van der Waals surface area contributed by atoms with Crippen LogP contribution in [0, 0.1) is 0 Å². The highest BCUT2D eigenvalue weighted by atomic mass is 32.2. The van der Waals surface area contributed by atoms with Crippen molar-refractivity contribution in [1.29, 1.82) is 0 Å². The lowest BCUT2D eigenvalue weighted by Gasteiger charge is -2.12. The standard InChI is InChI=1S/C10H10F3NO5S/c11-10(12,13)3-4-19-7-2-1-6(9(15)16)5-8(7)20(14,17)18/h1-2,5H,3-4H2,(H,15,16)(H2,14,17,18). The van der Waals surface area contributed by atoms with Crippen LogP contribution >= 0.6 is 0 Å². The van der Waals surface area contributed by atoms with Crippen LogP contribution in [-0.4, -0.2) is 32.3 Å². The number of alkyl halides is 3. The fraction of sp³-hybridized carbons (Fsp3) is 0.300. The predicted octanol–water partition coefficient (Wildman–Crippen LogP) is 1.36. The predicted molar refractivity (Wildman–Crippen MR) is 60.9 cm³/mol. The number of nitrogens with two attached hydrogens (primary N) is 1. The van der Waals surface area contributed by atoms with E-state index < -0.39 is 45.8 Å². The average Bonchev–Trinajstić information content (AvgIpc) is 2.25. The third-order valence-corrected chi connectivity index (χ3v) is 3.07. The molecule has 0 bridgehead atoms. The second kappa shape index (κ2) is 5.67. The van der Waals surface area contributed by atoms with Crippen molar-refractivity contribution in [2.24, 2.45) is 5.14 Å². The van der Waals surface area contributed by atoms with Gasteiger partial charge in [0, 0.05) is 0 Å². The Kier molecular flexibility index (Phi) is 4.61. The topological polar surface area (TPSA) is 107 Å². The van der Waals surface area contributed by atoms with Gasteiger partial charge in [-0.05, 0) is 18.2 Å². The van der Waals surface area contributed by atoms with E-state index >= 15 is 0 Å². The fourth-order valence-electron chi connectivity index (χ4n) is 1.26. The van der Waals surface area contributed by atoms with Gasteiger partial charge in [-0.1, -0.05) is 0 Å². The van der Waals surface area contributed by atoms with Gasteiger partial charge >= 0.3 is 12.1 Å². The van der Waals surface area contributed by atoms with Crippen LogP contribution in [0.1, 0.15) is 16.8 Å². The second-order valence-corrected chi connectivity index (χ2v) is 5.26. The van der Waals surface area contributed by atoms with Crippen molar-refractivity contribution in [1.82, 2.24) is 0 Å². The lowest BCUT2D eigenvalue weighted by molar-refractivity contribution is -0.139. The minimum Gasteiger partial charge on any atom is -0.492 e. The van der Waals surface area contributed by atoms with Crippen molar-refractivity contribution < 1.29 is 36.2 Å². The summed E-state index contributed by atoms with van der Waals surface area (Å²) < 4.78 is 63.1. The van der Waals surface area contributed by atoms with Gasteiger partial charge in [-0.15, -0.1) is 0 Å². The minimum atomic E-state index is -4.46. The maximum atomic E-state index is 12.0. The molecule has 1 aromatic carbocycles. The Bertz CT molecular complexity index is 612. The van der Waals surface area contributed by atoms with Gasteiger partial charge in [0.2, 0.25) is 10.0 Å². The first-order valence-electron chi connectivity index (χ1n) is 5.10. The molecule has 0 spiro atoms. The molecule has 0 atom stereocenters. The quantitative estimate of drug-likeness (QED) is 0.853. The molecule has 0 heterocycles. The van der Waals surface area contributed by atoms with Crippen molar-refractivity contribution >= 4 is 16.0 Å². The van der Waals surface area contributed by atoms with Gasteiger partial charge in [-0.3, -0.25) is 0 Å². The number of halogens is 3. The lowest BCUT2D eigenvalue weighted by Crippen LogP contribution is -2.17. The highest BCUT2D eigenvalue weighted by Crippen LogP contribution is 2.26. The summed E-state index contributed by atoms with van der Waals surface area (Å²) in [5, 5.41) is 13.6. The van der Waals surface area contributed by atoms with Crippen molar-refractivity contribution in [3.05, 3.63) is 23.8 Å². The maximum Gasteiger partial charge on any atom is 0.392 e. The number of hydrogen-bond acceptors (Lipinski definition) is 4. The number of ether oxygens (including phenoxy) is 1. The average molecular weight is 313 g/mol. The summed E-state index contributed by atoms with van der Waals surface area (Å²) >= 11 is 0. The van der Waals surface area contributed by atoms with E-state index in [9.17, 15) is 26.4 Å². The highest BCUT2D eigenvalue weighted by molar-refractivity contribution is 7.89. The number of carboxylic acids is 1. The maximum absolute atomic E-state index is 12.0. The molecular weight excluding hydrogens is 303 g/mol. The fourth-order valence-corrected chi connectivity index (χ4v) is 1.96. The number of hydrogen-bond donors (Lipinski definition) is 2. The Labute approximate surface area is 112 Å². The van der Waals surface area contributed by atoms with Gasteiger partial charge in [-0.2, -0.15) is 13.2 Å². The molecule has 20 heavy (non-hydrogen) atoms. The van der Waals surface area contributed by atoms with E-state index in [1.807, 2.05) is 0 Å². The summed E-state index contributed by atoms with van der Waals surface area (Å²) in [5.41, 5.74) is -0.378. The summed E-state index contributed by atoms with van der Waals surface area (Å²) in [4.78, 5) is 10.0. The van der Waals surface area contributed by atoms with Gasteiger partial charge in [0.1, 0.15) is 10.6 Å². The molecule has 6 nitrogen and oxygen atoms in total. The first-order chi connectivity index (χ1) is 9.00. The normalized spacial score (nSPS) is 12.2. The van der Waals surface area contributed by atoms with Crippen LogP contribution < -0.4 is 9.88 Å². The largest absolute Gasteiger partial charge is 0.492 e. The van der Waals surface area contributed by atoms with E-state index in [1.54, 1.807) is 0 Å². The number of rotatable bonds is 5. The van der Waals surface area contributed by atoms with Crippen LogP contribution in [0.3, 0.4) is 0 Å². The Morgan fingerprint density at radius 1 is 1.35 bits per heavy atom. The number of sulfonamides is 1. The van der Waals surface area contributed by atoms with Crippen molar-refractivity contribution in [3.63, 3.8) is 0 Å². The van der Waals surface area contributed by atoms with Crippen molar-refractivity contribution in [2.45, 2.75) is 17.5 Å². The Hall–Kier alpha value is -1.81. The number of aromatic carboxylic acids is 1. The van der Waals surface area contributed by atoms with Crippen molar-refractivity contribution in [2.75, 3.05) is 6.61 Å². The molecule has 0 aliphatic rings. The number of carboxylic acid groups (broad SMARTS) is 1. The summed E-state index contributed by atoms with van der Waals surface area (Å²) in [6.07, 6.45) is -5.74. The first-order valence-corrected chi connectivity index (χ1v) is 6.65. The van der Waals surface area contributed by atoms with E-state index in [0.29, 0.717) is 0 Å². The van der Waals surface area contributed by atoms with Crippen LogP contribution in [0.4, 0.5) is 13.2 Å². The van der Waals surface area contributed by atoms with E-state index in [1.165, 1.54) is 0 Å². The van der Waals surface area contributed by atoms with Gasteiger partial charge in [-0.25, -0.2) is 18.4 Å². The third-order valence-electron chi connectivity index (χ3n) is 2.14. The van der Waals surface area contributed by atoms with Crippen molar-refractivity contribution in [3.8, 4) is 5.75 Å². The van der Waals surface area contributed by atoms with Crippen LogP contribution in [0.5, 0.6) is 5.75 Å². The van der Waals surface area contributed by atoms with E-state index in [4.69, 9.17) is 15.0 Å². The molecule has 0 aromatic heterocycles. The molecule has 0 saturated carbocycles. The van der Waals surface area contributed by atoms with Crippen LogP contribution in [0.2, 0.25) is 0 Å². The zero-order valence-corrected chi connectivity index (χ0v) is 10.7. The van der Waals surface area contributed by atoms with Gasteiger partial charge in [0.05, 0.1) is 18.6 Å². The zero-order valence-electron chi connectivity index (χ0n) is 9.85. The molecule has 0 amide bonds. The number of primary sulfonamides is 1. The van der Waals surface area contributed by atoms with Crippen LogP contribution in [-0.2, 0) is 10.0 Å². The molecule has 0 aliphatic heterocycles. The van der Waals surface area contributed by atoms with Gasteiger partial charge in [0.25, 0.3) is 0 Å². The summed E-state index contributed by atoms with van der Waals surface area (Å²) in [7, 11) is -4.32. The van der Waals surface area contributed by atoms with E-state index in [-0.39, 0.29) is 5.56 Å². The van der Waals surface area contributed by atoms with Gasteiger partial charge < -0.3 is 9.84 Å². The molecule has 3 N–H and O–H groups in total. The van der Waals surface area contributed by atoms with E-state index in [0.717, 1.165) is 18.2 Å². The molecule has 0 saturated heterocycles. The van der Waals surface area contributed by atoms with Crippen LogP contribution in [0.15, 0.2) is 23.1 Å². The highest BCUT2D eigenvalue weighted by Gasteiger charge is 2.27. The molecule has 0 aliphatic carbocycles. The molecule has 112 valence electrons. The van der Waals surface area contributed by atoms with Crippen LogP contribution in [0.25, 0.3) is 0 Å². The monoisotopic (exact) mass is 313 g/mol. The zero-order chi connectivity index (χ0) is 15.6. The molecule has 0 unspecified atom stereocenters. The Balaban J connectivity index is 3.04. The second-order valence-electron chi connectivity index (χ2n) is 3.73. The SMILES string of the molecule is NS(=O)(=O)c1cc(C(=O)O)ccc1OCCC(F)(F)F. The number of carbonyl (C=O) groups is 1. The van der Waals surface area contributed by atoms with E-state index in [2.05, 4.69) is 0 Å². The molecular formula is C10H10F3NO5S. The molecule has 1 rings (SSSR count). The first kappa shape index (κ1) is 16.2. The molecule has 1 aromatic rings. The number of benzene rings is 1. The summed E-state index contributed by atoms with van der Waals surface area (Å²) in [5.74, 6) is -1.83. The smallest absolute Gasteiger partial charge is 0.392 e. The molecule has 0 fully saturated rings. The summed E-state index contributed by atoms with van der Waals surface area (Å²) in [6.45, 7) is -0.807. The summed E-state index contributed by atoms with van der Waals surface area (Å²) in [6, 6.07) is 2.67. The van der Waals surface area contributed by atoms with Gasteiger partial charge in [0.15, 0.2) is 0 Å². The Morgan fingerprint density at radius 3 is 2.40 bits per heavy atom. The minimum absolute atomic E-state index is 0.378. The third kappa shape index (κ3) is 4.70. The molecule has 0 radical (unpaired) electrons. The molecule has 10 heteroatoms.